The highest BCUT2D eigenvalue weighted by atomic mass is 16.6. The summed E-state index contributed by atoms with van der Waals surface area (Å²) >= 11 is 0. The minimum absolute atomic E-state index is 0.0277. The van der Waals surface area contributed by atoms with Crippen LogP contribution in [0, 0.1) is 10.1 Å². The molecule has 0 saturated carbocycles. The highest BCUT2D eigenvalue weighted by Gasteiger charge is 2.22. The van der Waals surface area contributed by atoms with Gasteiger partial charge in [-0.2, -0.15) is 0 Å². The third-order valence-electron chi connectivity index (χ3n) is 2.46. The molecule has 0 saturated heterocycles. The third kappa shape index (κ3) is 2.65. The second-order valence-electron chi connectivity index (χ2n) is 3.80. The molecule has 0 spiro atoms. The van der Waals surface area contributed by atoms with Crippen molar-refractivity contribution in [2.45, 2.75) is 13.0 Å². The monoisotopic (exact) mass is 264 g/mol. The third-order valence-corrected chi connectivity index (χ3v) is 2.46. The summed E-state index contributed by atoms with van der Waals surface area (Å²) in [6, 6.07) is 1.36. The molecule has 0 unspecified atom stereocenters. The summed E-state index contributed by atoms with van der Waals surface area (Å²) in [6.45, 7) is 0.505. The van der Waals surface area contributed by atoms with Gasteiger partial charge in [-0.1, -0.05) is 5.21 Å². The molecule has 2 aromatic heterocycles. The van der Waals surface area contributed by atoms with Gasteiger partial charge in [0, 0.05) is 19.3 Å². The lowest BCUT2D eigenvalue weighted by molar-refractivity contribution is -0.383. The van der Waals surface area contributed by atoms with Gasteiger partial charge in [0.25, 0.3) is 0 Å². The first-order valence-corrected chi connectivity index (χ1v) is 5.53. The topological polar surface area (TPSA) is 133 Å². The van der Waals surface area contributed by atoms with Gasteiger partial charge in [-0.25, -0.2) is 4.98 Å². The minimum Gasteiger partial charge on any atom is -0.396 e. The molecule has 2 aromatic rings. The van der Waals surface area contributed by atoms with Crippen LogP contribution in [0.15, 0.2) is 18.5 Å². The number of anilines is 1. The van der Waals surface area contributed by atoms with Crippen molar-refractivity contribution in [3.05, 3.63) is 28.6 Å². The number of pyridine rings is 1. The number of nitrogen functional groups attached to an aromatic ring is 1. The maximum atomic E-state index is 11.0. The zero-order valence-corrected chi connectivity index (χ0v) is 9.93. The van der Waals surface area contributed by atoms with Crippen LogP contribution in [0.4, 0.5) is 11.4 Å². The van der Waals surface area contributed by atoms with Crippen molar-refractivity contribution in [2.24, 2.45) is 0 Å². The van der Waals surface area contributed by atoms with Gasteiger partial charge >= 0.3 is 5.69 Å². The van der Waals surface area contributed by atoms with E-state index >= 15 is 0 Å². The zero-order chi connectivity index (χ0) is 13.8. The maximum absolute atomic E-state index is 11.0. The molecule has 9 heteroatoms. The van der Waals surface area contributed by atoms with Crippen LogP contribution in [0.25, 0.3) is 11.4 Å². The van der Waals surface area contributed by atoms with Crippen LogP contribution in [-0.4, -0.2) is 36.6 Å². The lowest BCUT2D eigenvalue weighted by atomic mass is 10.2. The Labute approximate surface area is 107 Å². The molecule has 0 aliphatic carbocycles. The fourth-order valence-electron chi connectivity index (χ4n) is 1.60. The Hall–Kier alpha value is -2.55. The summed E-state index contributed by atoms with van der Waals surface area (Å²) in [6.07, 6.45) is 3.43. The van der Waals surface area contributed by atoms with Gasteiger partial charge in [-0.3, -0.25) is 14.8 Å². The van der Waals surface area contributed by atoms with E-state index in [0.29, 0.717) is 13.0 Å². The van der Waals surface area contributed by atoms with Gasteiger partial charge in [-0.15, -0.1) is 5.10 Å². The summed E-state index contributed by atoms with van der Waals surface area (Å²) in [5.41, 5.74) is 5.68. The number of aryl methyl sites for hydroxylation is 1. The molecule has 0 atom stereocenters. The average molecular weight is 264 g/mol. The van der Waals surface area contributed by atoms with E-state index in [4.69, 9.17) is 10.8 Å². The molecule has 0 fully saturated rings. The number of nitrogens with zero attached hydrogens (tertiary/aromatic N) is 5. The molecule has 0 bridgehead atoms. The number of hydrogen-bond donors (Lipinski definition) is 2. The van der Waals surface area contributed by atoms with E-state index in [1.165, 1.54) is 23.1 Å². The predicted molar refractivity (Wildman–Crippen MR) is 66.0 cm³/mol. The van der Waals surface area contributed by atoms with E-state index in [0.717, 1.165) is 0 Å². The number of hydrogen-bond acceptors (Lipinski definition) is 7. The molecule has 0 amide bonds. The van der Waals surface area contributed by atoms with Gasteiger partial charge in [0.05, 0.1) is 11.1 Å². The number of aliphatic hydroxyl groups is 1. The van der Waals surface area contributed by atoms with E-state index in [1.54, 1.807) is 0 Å². The summed E-state index contributed by atoms with van der Waals surface area (Å²) in [4.78, 5) is 14.3. The van der Waals surface area contributed by atoms with E-state index in [2.05, 4.69) is 15.3 Å². The molecule has 0 aliphatic rings. The van der Waals surface area contributed by atoms with Crippen LogP contribution in [0.1, 0.15) is 6.42 Å². The lowest BCUT2D eigenvalue weighted by Crippen LogP contribution is -2.00. The van der Waals surface area contributed by atoms with Gasteiger partial charge in [-0.05, 0) is 12.5 Å². The van der Waals surface area contributed by atoms with Crippen LogP contribution in [0.2, 0.25) is 0 Å². The van der Waals surface area contributed by atoms with Crippen LogP contribution < -0.4 is 5.73 Å². The highest BCUT2D eigenvalue weighted by Crippen LogP contribution is 2.30. The number of nitrogens with two attached hydrogens (primary N) is 1. The van der Waals surface area contributed by atoms with Crippen LogP contribution in [0.5, 0.6) is 0 Å². The Morgan fingerprint density at radius 1 is 1.53 bits per heavy atom. The molecule has 100 valence electrons. The fourth-order valence-corrected chi connectivity index (χ4v) is 1.60. The van der Waals surface area contributed by atoms with E-state index in [-0.39, 0.29) is 29.4 Å². The molecule has 19 heavy (non-hydrogen) atoms. The Morgan fingerprint density at radius 2 is 2.32 bits per heavy atom. The molecule has 9 nitrogen and oxygen atoms in total. The summed E-state index contributed by atoms with van der Waals surface area (Å²) in [5.74, 6) is 0. The molecule has 2 rings (SSSR count). The van der Waals surface area contributed by atoms with Crippen molar-refractivity contribution in [3.8, 4) is 11.4 Å². The number of aliphatic hydroxyl groups excluding tert-OH is 1. The smallest absolute Gasteiger partial charge is 0.319 e. The standard InChI is InChI=1S/C10H12N6O3/c11-7-2-3-12-9(10(7)16(18)19)8-6-15(14-13-8)4-1-5-17/h2-3,6,17H,1,4-5H2,(H2,11,12). The van der Waals surface area contributed by atoms with Crippen molar-refractivity contribution in [1.29, 1.82) is 0 Å². The van der Waals surface area contributed by atoms with Gasteiger partial charge in [0.1, 0.15) is 11.4 Å². The lowest BCUT2D eigenvalue weighted by Gasteiger charge is -2.00. The predicted octanol–water partition coefficient (Wildman–Crippen LogP) is 0.213. The Kier molecular flexibility index (Phi) is 3.66. The van der Waals surface area contributed by atoms with Crippen molar-refractivity contribution in [2.75, 3.05) is 12.3 Å². The quantitative estimate of drug-likeness (QED) is 0.582. The van der Waals surface area contributed by atoms with Crippen LogP contribution in [-0.2, 0) is 6.54 Å². The molecule has 3 N–H and O–H groups in total. The molecular weight excluding hydrogens is 252 g/mol. The number of nitro groups is 1. The van der Waals surface area contributed by atoms with Crippen LogP contribution >= 0.6 is 0 Å². The van der Waals surface area contributed by atoms with Gasteiger partial charge in [0.15, 0.2) is 5.69 Å². The van der Waals surface area contributed by atoms with Crippen LogP contribution in [0.3, 0.4) is 0 Å². The normalized spacial score (nSPS) is 10.6. The second kappa shape index (κ2) is 5.40. The zero-order valence-electron chi connectivity index (χ0n) is 9.93. The molecule has 0 aliphatic heterocycles. The maximum Gasteiger partial charge on any atom is 0.319 e. The summed E-state index contributed by atoms with van der Waals surface area (Å²) in [7, 11) is 0. The largest absolute Gasteiger partial charge is 0.396 e. The SMILES string of the molecule is Nc1ccnc(-c2cn(CCCO)nn2)c1[N+](=O)[O-]. The Balaban J connectivity index is 2.39. The van der Waals surface area contributed by atoms with Crippen molar-refractivity contribution < 1.29 is 10.0 Å². The van der Waals surface area contributed by atoms with Gasteiger partial charge < -0.3 is 10.8 Å². The fraction of sp³-hybridized carbons (Fsp3) is 0.300. The van der Waals surface area contributed by atoms with E-state index < -0.39 is 4.92 Å². The first kappa shape index (κ1) is 12.9. The summed E-state index contributed by atoms with van der Waals surface area (Å²) < 4.78 is 1.49. The average Bonchev–Trinajstić information content (AvgIpc) is 2.84. The van der Waals surface area contributed by atoms with Crippen molar-refractivity contribution >= 4 is 11.4 Å². The van der Waals surface area contributed by atoms with E-state index in [1.807, 2.05) is 0 Å². The van der Waals surface area contributed by atoms with Gasteiger partial charge in [0.2, 0.25) is 0 Å². The highest BCUT2D eigenvalue weighted by molar-refractivity contribution is 5.75. The van der Waals surface area contributed by atoms with Crippen molar-refractivity contribution in [3.63, 3.8) is 0 Å². The Morgan fingerprint density at radius 3 is 3.00 bits per heavy atom. The molecular formula is C10H12N6O3. The first-order chi connectivity index (χ1) is 9.13. The number of rotatable bonds is 5. The second-order valence-corrected chi connectivity index (χ2v) is 3.80. The van der Waals surface area contributed by atoms with Crippen molar-refractivity contribution in [1.82, 2.24) is 20.0 Å². The summed E-state index contributed by atoms with van der Waals surface area (Å²) in [5, 5.41) is 27.4. The molecule has 0 radical (unpaired) electrons. The Bertz CT molecular complexity index is 597. The molecule has 0 aromatic carbocycles. The number of aromatic nitrogens is 4. The molecule has 2 heterocycles. The first-order valence-electron chi connectivity index (χ1n) is 5.53. The van der Waals surface area contributed by atoms with E-state index in [9.17, 15) is 10.1 Å². The minimum atomic E-state index is -0.593.